The van der Waals surface area contributed by atoms with Crippen LogP contribution in [0.25, 0.3) is 27.9 Å². The number of methoxy groups -OCH3 is 1. The van der Waals surface area contributed by atoms with Crippen molar-refractivity contribution in [3.63, 3.8) is 0 Å². The minimum absolute atomic E-state index is 0.222. The first kappa shape index (κ1) is 21.8. The van der Waals surface area contributed by atoms with Gasteiger partial charge < -0.3 is 9.15 Å². The number of hydrazone groups is 1. The van der Waals surface area contributed by atoms with Crippen LogP contribution in [-0.4, -0.2) is 29.0 Å². The first-order chi connectivity index (χ1) is 17.1. The minimum atomic E-state index is -0.473. The van der Waals surface area contributed by atoms with Gasteiger partial charge in [0.25, 0.3) is 5.91 Å². The molecule has 0 aliphatic rings. The number of hydrogen-bond acceptors (Lipinski definition) is 6. The number of carbonyl (C=O) groups excluding carboxylic acids is 1. The van der Waals surface area contributed by atoms with Crippen LogP contribution in [0.4, 0.5) is 0 Å². The van der Waals surface area contributed by atoms with E-state index in [0.717, 1.165) is 11.3 Å². The van der Waals surface area contributed by atoms with Crippen LogP contribution in [0.1, 0.15) is 15.9 Å². The monoisotopic (exact) mass is 464 g/mol. The number of nitrogens with one attached hydrogen (secondary N) is 1. The number of fused-ring (bicyclic) bond motifs is 1. The van der Waals surface area contributed by atoms with Crippen LogP contribution in [0.2, 0.25) is 0 Å². The molecule has 172 valence electrons. The predicted octanol–water partition coefficient (Wildman–Crippen LogP) is 4.42. The van der Waals surface area contributed by atoms with Gasteiger partial charge in [-0.3, -0.25) is 9.59 Å². The van der Waals surface area contributed by atoms with E-state index in [9.17, 15) is 9.59 Å². The van der Waals surface area contributed by atoms with Gasteiger partial charge in [-0.05, 0) is 48.5 Å². The molecule has 0 bridgehead atoms. The number of aromatic nitrogens is 2. The number of para-hydroxylation sites is 2. The predicted molar refractivity (Wildman–Crippen MR) is 133 cm³/mol. The van der Waals surface area contributed by atoms with Crippen LogP contribution in [-0.2, 0) is 0 Å². The molecule has 1 amide bonds. The third-order valence-electron chi connectivity index (χ3n) is 5.42. The number of carbonyl (C=O) groups is 1. The van der Waals surface area contributed by atoms with Crippen molar-refractivity contribution in [3.05, 3.63) is 113 Å². The molecule has 8 nitrogen and oxygen atoms in total. The van der Waals surface area contributed by atoms with Crippen LogP contribution in [0.3, 0.4) is 0 Å². The maximum absolute atomic E-state index is 13.1. The first-order valence-electron chi connectivity index (χ1n) is 10.8. The molecule has 2 heterocycles. The van der Waals surface area contributed by atoms with Crippen molar-refractivity contribution in [3.8, 4) is 22.7 Å². The molecule has 1 N–H and O–H groups in total. The quantitative estimate of drug-likeness (QED) is 0.296. The molecule has 0 unspecified atom stereocenters. The Kier molecular flexibility index (Phi) is 5.92. The van der Waals surface area contributed by atoms with Gasteiger partial charge in [-0.1, -0.05) is 30.3 Å². The Labute approximate surface area is 200 Å². The lowest BCUT2D eigenvalue weighted by Crippen LogP contribution is -2.19. The molecule has 0 radical (unpaired) electrons. The van der Waals surface area contributed by atoms with E-state index >= 15 is 0 Å². The van der Waals surface area contributed by atoms with Gasteiger partial charge in [-0.15, -0.1) is 0 Å². The molecule has 0 aliphatic carbocycles. The summed E-state index contributed by atoms with van der Waals surface area (Å²) in [5.74, 6) is 0.223. The lowest BCUT2D eigenvalue weighted by molar-refractivity contribution is 0.0955. The fraction of sp³-hybridized carbons (Fsp3) is 0.0370. The summed E-state index contributed by atoms with van der Waals surface area (Å²) in [4.78, 5) is 25.7. The summed E-state index contributed by atoms with van der Waals surface area (Å²) >= 11 is 0. The van der Waals surface area contributed by atoms with Crippen molar-refractivity contribution >= 4 is 23.1 Å². The maximum Gasteiger partial charge on any atom is 0.275 e. The van der Waals surface area contributed by atoms with Crippen molar-refractivity contribution < 1.29 is 13.9 Å². The number of benzene rings is 3. The molecule has 0 saturated carbocycles. The number of nitrogens with zero attached hydrogens (tertiary/aromatic N) is 3. The average Bonchev–Trinajstić information content (AvgIpc) is 3.36. The van der Waals surface area contributed by atoms with E-state index in [0.29, 0.717) is 28.0 Å². The molecule has 8 heteroatoms. The minimum Gasteiger partial charge on any atom is -0.497 e. The maximum atomic E-state index is 13.1. The van der Waals surface area contributed by atoms with E-state index < -0.39 is 5.91 Å². The Morgan fingerprint density at radius 2 is 1.77 bits per heavy atom. The van der Waals surface area contributed by atoms with E-state index in [-0.39, 0.29) is 11.0 Å². The van der Waals surface area contributed by atoms with Crippen LogP contribution < -0.4 is 15.6 Å². The SMILES string of the molecule is COc1ccc(-c2nn(-c3ccccc3)cc2C(=O)NN=Cc2coc3ccccc3c2=O)cc1. The molecule has 35 heavy (non-hydrogen) atoms. The Hall–Kier alpha value is -4.98. The van der Waals surface area contributed by atoms with E-state index in [1.165, 1.54) is 12.5 Å². The summed E-state index contributed by atoms with van der Waals surface area (Å²) in [5, 5.41) is 9.07. The summed E-state index contributed by atoms with van der Waals surface area (Å²) in [6.07, 6.45) is 4.23. The van der Waals surface area contributed by atoms with Gasteiger partial charge in [-0.25, -0.2) is 10.1 Å². The summed E-state index contributed by atoms with van der Waals surface area (Å²) in [6.45, 7) is 0. The van der Waals surface area contributed by atoms with Gasteiger partial charge in [0.2, 0.25) is 5.43 Å². The highest BCUT2D eigenvalue weighted by molar-refractivity contribution is 6.00. The van der Waals surface area contributed by atoms with Crippen LogP contribution >= 0.6 is 0 Å². The Bertz CT molecular complexity index is 1590. The molecule has 2 aromatic heterocycles. The molecule has 0 spiro atoms. The molecule has 0 saturated heterocycles. The largest absolute Gasteiger partial charge is 0.497 e. The number of hydrogen-bond donors (Lipinski definition) is 1. The second-order valence-corrected chi connectivity index (χ2v) is 7.62. The van der Waals surface area contributed by atoms with Gasteiger partial charge >= 0.3 is 0 Å². The summed E-state index contributed by atoms with van der Waals surface area (Å²) < 4.78 is 12.4. The summed E-state index contributed by atoms with van der Waals surface area (Å²) in [5.41, 5.74) is 5.31. The van der Waals surface area contributed by atoms with E-state index in [2.05, 4.69) is 15.6 Å². The zero-order chi connectivity index (χ0) is 24.2. The molecule has 3 aromatic carbocycles. The van der Waals surface area contributed by atoms with Crippen LogP contribution in [0, 0.1) is 0 Å². The molecular formula is C27H20N4O4. The number of ether oxygens (including phenoxy) is 1. The molecule has 0 aliphatic heterocycles. The van der Waals surface area contributed by atoms with Crippen LogP contribution in [0.5, 0.6) is 5.75 Å². The normalized spacial score (nSPS) is 11.1. The smallest absolute Gasteiger partial charge is 0.275 e. The molecular weight excluding hydrogens is 444 g/mol. The third-order valence-corrected chi connectivity index (χ3v) is 5.42. The van der Waals surface area contributed by atoms with E-state index in [1.54, 1.807) is 54.4 Å². The summed E-state index contributed by atoms with van der Waals surface area (Å²) in [7, 11) is 1.59. The standard InChI is InChI=1S/C27H20N4O4/c1-34-21-13-11-18(12-14-21)25-23(16-31(30-25)20-7-3-2-4-8-20)27(33)29-28-15-19-17-35-24-10-6-5-9-22(24)26(19)32/h2-17H,1H3,(H,29,33). The number of amides is 1. The zero-order valence-corrected chi connectivity index (χ0v) is 18.7. The lowest BCUT2D eigenvalue weighted by Gasteiger charge is -2.03. The highest BCUT2D eigenvalue weighted by atomic mass is 16.5. The van der Waals surface area contributed by atoms with E-state index in [1.807, 2.05) is 42.5 Å². The van der Waals surface area contributed by atoms with Crippen molar-refractivity contribution in [1.82, 2.24) is 15.2 Å². The van der Waals surface area contributed by atoms with E-state index in [4.69, 9.17) is 9.15 Å². The Balaban J connectivity index is 1.46. The number of rotatable bonds is 6. The van der Waals surface area contributed by atoms with Gasteiger partial charge in [0.1, 0.15) is 23.3 Å². The van der Waals surface area contributed by atoms with Gasteiger partial charge in [-0.2, -0.15) is 10.2 Å². The first-order valence-corrected chi connectivity index (χ1v) is 10.8. The van der Waals surface area contributed by atoms with Crippen molar-refractivity contribution in [1.29, 1.82) is 0 Å². The van der Waals surface area contributed by atoms with Crippen molar-refractivity contribution in [2.24, 2.45) is 5.10 Å². The summed E-state index contributed by atoms with van der Waals surface area (Å²) in [6, 6.07) is 23.7. The average molecular weight is 464 g/mol. The Morgan fingerprint density at radius 3 is 2.54 bits per heavy atom. The molecule has 5 aromatic rings. The molecule has 0 atom stereocenters. The van der Waals surface area contributed by atoms with Crippen molar-refractivity contribution in [2.75, 3.05) is 7.11 Å². The fourth-order valence-electron chi connectivity index (χ4n) is 3.62. The zero-order valence-electron chi connectivity index (χ0n) is 18.7. The van der Waals surface area contributed by atoms with Crippen LogP contribution in [0.15, 0.2) is 106 Å². The lowest BCUT2D eigenvalue weighted by atomic mass is 10.1. The van der Waals surface area contributed by atoms with Gasteiger partial charge in [0.05, 0.1) is 35.5 Å². The Morgan fingerprint density at radius 1 is 1.03 bits per heavy atom. The molecule has 5 rings (SSSR count). The highest BCUT2D eigenvalue weighted by Crippen LogP contribution is 2.26. The van der Waals surface area contributed by atoms with Crippen molar-refractivity contribution in [2.45, 2.75) is 0 Å². The second-order valence-electron chi connectivity index (χ2n) is 7.62. The third kappa shape index (κ3) is 4.45. The fourth-order valence-corrected chi connectivity index (χ4v) is 3.62. The van der Waals surface area contributed by atoms with Gasteiger partial charge in [0.15, 0.2) is 0 Å². The van der Waals surface area contributed by atoms with Gasteiger partial charge in [0, 0.05) is 11.8 Å². The highest BCUT2D eigenvalue weighted by Gasteiger charge is 2.18. The topological polar surface area (TPSA) is 98.7 Å². The second kappa shape index (κ2) is 9.48. The molecule has 0 fully saturated rings.